The minimum Gasteiger partial charge on any atom is -0.317 e. The van der Waals surface area contributed by atoms with Gasteiger partial charge in [-0.1, -0.05) is 20.8 Å². The number of likely N-dealkylation sites (tertiary alicyclic amines) is 1. The van der Waals surface area contributed by atoms with Crippen LogP contribution in [-0.4, -0.2) is 44.0 Å². The standard InChI is InChI=1S/C9H17F2N.C6H13N/c1-7(2)8-4-5-12(3)6-9(8,10)11;1-6-2-4-7-5-3-6/h7-8H,4-6H2,1-3H3;6-7H,2-5H2,1H3. The molecule has 2 heterocycles. The van der Waals surface area contributed by atoms with Gasteiger partial charge in [0.25, 0.3) is 5.92 Å². The number of hydrogen-bond acceptors (Lipinski definition) is 2. The summed E-state index contributed by atoms with van der Waals surface area (Å²) in [6, 6.07) is 0. The Balaban J connectivity index is 0.000000218. The summed E-state index contributed by atoms with van der Waals surface area (Å²) in [6.07, 6.45) is 3.38. The minimum atomic E-state index is -2.48. The molecule has 1 atom stereocenters. The van der Waals surface area contributed by atoms with Gasteiger partial charge in [0.1, 0.15) is 0 Å². The molecule has 1 unspecified atom stereocenters. The van der Waals surface area contributed by atoms with E-state index in [0.717, 1.165) is 12.5 Å². The van der Waals surface area contributed by atoms with E-state index in [9.17, 15) is 8.78 Å². The highest BCUT2D eigenvalue weighted by Crippen LogP contribution is 2.36. The number of halogens is 2. The van der Waals surface area contributed by atoms with E-state index in [0.29, 0.717) is 6.42 Å². The fraction of sp³-hybridized carbons (Fsp3) is 1.00. The lowest BCUT2D eigenvalue weighted by Gasteiger charge is -2.38. The Morgan fingerprint density at radius 1 is 1.16 bits per heavy atom. The Kier molecular flexibility index (Phi) is 6.67. The summed E-state index contributed by atoms with van der Waals surface area (Å²) < 4.78 is 26.7. The third kappa shape index (κ3) is 5.74. The zero-order chi connectivity index (χ0) is 14.5. The Bertz CT molecular complexity index is 251. The van der Waals surface area contributed by atoms with Crippen LogP contribution in [0, 0.1) is 17.8 Å². The molecule has 0 bridgehead atoms. The van der Waals surface area contributed by atoms with Crippen molar-refractivity contribution in [3.8, 4) is 0 Å². The van der Waals surface area contributed by atoms with Gasteiger partial charge >= 0.3 is 0 Å². The quantitative estimate of drug-likeness (QED) is 0.791. The molecule has 19 heavy (non-hydrogen) atoms. The molecule has 2 nitrogen and oxygen atoms in total. The Labute approximate surface area is 116 Å². The summed E-state index contributed by atoms with van der Waals surface area (Å²) in [5, 5.41) is 3.32. The molecule has 0 aliphatic carbocycles. The summed E-state index contributed by atoms with van der Waals surface area (Å²) in [5.74, 6) is -1.84. The molecule has 0 spiro atoms. The fourth-order valence-corrected chi connectivity index (χ4v) is 2.91. The Morgan fingerprint density at radius 3 is 2.11 bits per heavy atom. The first-order chi connectivity index (χ1) is 8.83. The van der Waals surface area contributed by atoms with Crippen LogP contribution in [0.1, 0.15) is 40.0 Å². The first-order valence-corrected chi connectivity index (χ1v) is 7.60. The molecule has 2 fully saturated rings. The van der Waals surface area contributed by atoms with Crippen molar-refractivity contribution in [1.29, 1.82) is 0 Å². The second-order valence-electron chi connectivity index (χ2n) is 6.57. The maximum absolute atomic E-state index is 13.3. The van der Waals surface area contributed by atoms with E-state index in [2.05, 4.69) is 12.2 Å². The van der Waals surface area contributed by atoms with Crippen LogP contribution in [0.25, 0.3) is 0 Å². The van der Waals surface area contributed by atoms with E-state index in [1.54, 1.807) is 11.9 Å². The second-order valence-corrected chi connectivity index (χ2v) is 6.57. The highest BCUT2D eigenvalue weighted by Gasteiger charge is 2.44. The van der Waals surface area contributed by atoms with Crippen molar-refractivity contribution in [2.24, 2.45) is 17.8 Å². The fourth-order valence-electron chi connectivity index (χ4n) is 2.91. The van der Waals surface area contributed by atoms with Gasteiger partial charge in [0, 0.05) is 5.92 Å². The van der Waals surface area contributed by atoms with Crippen LogP contribution in [0.15, 0.2) is 0 Å². The lowest BCUT2D eigenvalue weighted by molar-refractivity contribution is -0.119. The first-order valence-electron chi connectivity index (χ1n) is 7.60. The number of nitrogens with one attached hydrogen (secondary N) is 1. The SMILES string of the molecule is CC(C)C1CCN(C)CC1(F)F.CC1CCNCC1. The number of nitrogens with zero attached hydrogens (tertiary/aromatic N) is 1. The van der Waals surface area contributed by atoms with Crippen LogP contribution >= 0.6 is 0 Å². The monoisotopic (exact) mass is 276 g/mol. The van der Waals surface area contributed by atoms with Crippen LogP contribution in [0.2, 0.25) is 0 Å². The van der Waals surface area contributed by atoms with Crippen LogP contribution in [0.4, 0.5) is 8.78 Å². The number of hydrogen-bond donors (Lipinski definition) is 1. The molecule has 2 aliphatic heterocycles. The second kappa shape index (κ2) is 7.53. The molecule has 0 aromatic heterocycles. The van der Waals surface area contributed by atoms with Gasteiger partial charge in [-0.05, 0) is 57.8 Å². The predicted octanol–water partition coefficient (Wildman–Crippen LogP) is 3.24. The van der Waals surface area contributed by atoms with E-state index >= 15 is 0 Å². The molecule has 4 heteroatoms. The number of rotatable bonds is 1. The van der Waals surface area contributed by atoms with Gasteiger partial charge in [0.2, 0.25) is 0 Å². The molecular weight excluding hydrogens is 246 g/mol. The predicted molar refractivity (Wildman–Crippen MR) is 76.7 cm³/mol. The third-order valence-electron chi connectivity index (χ3n) is 4.28. The molecule has 114 valence electrons. The summed E-state index contributed by atoms with van der Waals surface area (Å²) in [5.41, 5.74) is 0. The van der Waals surface area contributed by atoms with Crippen LogP contribution in [0.5, 0.6) is 0 Å². The van der Waals surface area contributed by atoms with Gasteiger partial charge < -0.3 is 10.2 Å². The molecule has 0 aromatic carbocycles. The molecule has 2 aliphatic rings. The lowest BCUT2D eigenvalue weighted by atomic mass is 9.84. The molecule has 0 aromatic rings. The third-order valence-corrected chi connectivity index (χ3v) is 4.28. The average Bonchev–Trinajstić information content (AvgIpc) is 2.28. The summed E-state index contributed by atoms with van der Waals surface area (Å²) in [4.78, 5) is 1.71. The minimum absolute atomic E-state index is 0.0736. The summed E-state index contributed by atoms with van der Waals surface area (Å²) >= 11 is 0. The van der Waals surface area contributed by atoms with E-state index in [-0.39, 0.29) is 12.5 Å². The van der Waals surface area contributed by atoms with E-state index in [1.807, 2.05) is 13.8 Å². The van der Waals surface area contributed by atoms with Crippen molar-refractivity contribution in [3.63, 3.8) is 0 Å². The molecule has 2 rings (SSSR count). The van der Waals surface area contributed by atoms with Crippen LogP contribution in [0.3, 0.4) is 0 Å². The molecule has 2 saturated heterocycles. The first kappa shape index (κ1) is 16.8. The highest BCUT2D eigenvalue weighted by atomic mass is 19.3. The van der Waals surface area contributed by atoms with Crippen molar-refractivity contribution in [2.75, 3.05) is 33.2 Å². The highest BCUT2D eigenvalue weighted by molar-refractivity contribution is 4.86. The van der Waals surface area contributed by atoms with E-state index in [1.165, 1.54) is 25.9 Å². The molecule has 0 amide bonds. The Morgan fingerprint density at radius 2 is 1.74 bits per heavy atom. The van der Waals surface area contributed by atoms with Crippen LogP contribution in [-0.2, 0) is 0 Å². The maximum atomic E-state index is 13.3. The van der Waals surface area contributed by atoms with Gasteiger partial charge in [-0.25, -0.2) is 8.78 Å². The van der Waals surface area contributed by atoms with Crippen molar-refractivity contribution in [2.45, 2.75) is 46.0 Å². The number of piperidine rings is 2. The number of alkyl halides is 2. The van der Waals surface area contributed by atoms with Gasteiger partial charge in [0.15, 0.2) is 0 Å². The van der Waals surface area contributed by atoms with E-state index < -0.39 is 11.8 Å². The molecular formula is C15H30F2N2. The van der Waals surface area contributed by atoms with Gasteiger partial charge in [-0.2, -0.15) is 0 Å². The smallest absolute Gasteiger partial charge is 0.263 e. The van der Waals surface area contributed by atoms with Crippen molar-refractivity contribution < 1.29 is 8.78 Å². The van der Waals surface area contributed by atoms with E-state index in [4.69, 9.17) is 0 Å². The lowest BCUT2D eigenvalue weighted by Crippen LogP contribution is -2.48. The van der Waals surface area contributed by atoms with Gasteiger partial charge in [-0.15, -0.1) is 0 Å². The summed E-state index contributed by atoms with van der Waals surface area (Å²) in [6.45, 7) is 9.28. The normalized spacial score (nSPS) is 28.9. The topological polar surface area (TPSA) is 15.3 Å². The van der Waals surface area contributed by atoms with Crippen molar-refractivity contribution in [3.05, 3.63) is 0 Å². The van der Waals surface area contributed by atoms with Gasteiger partial charge in [0.05, 0.1) is 6.54 Å². The van der Waals surface area contributed by atoms with Gasteiger partial charge in [-0.3, -0.25) is 0 Å². The van der Waals surface area contributed by atoms with Crippen LogP contribution < -0.4 is 5.32 Å². The zero-order valence-corrected chi connectivity index (χ0v) is 12.9. The summed E-state index contributed by atoms with van der Waals surface area (Å²) in [7, 11) is 1.75. The molecule has 0 radical (unpaired) electrons. The van der Waals surface area contributed by atoms with Crippen molar-refractivity contribution >= 4 is 0 Å². The zero-order valence-electron chi connectivity index (χ0n) is 12.9. The molecule has 1 N–H and O–H groups in total. The van der Waals surface area contributed by atoms with Crippen molar-refractivity contribution in [1.82, 2.24) is 10.2 Å². The largest absolute Gasteiger partial charge is 0.317 e. The Hall–Kier alpha value is -0.220. The maximum Gasteiger partial charge on any atom is 0.263 e. The average molecular weight is 276 g/mol. The molecule has 0 saturated carbocycles.